The average Bonchev–Trinajstić information content (AvgIpc) is 3.14. The predicted molar refractivity (Wildman–Crippen MR) is 69.5 cm³/mol. The molecule has 0 aromatic carbocycles. The summed E-state index contributed by atoms with van der Waals surface area (Å²) in [7, 11) is 0. The highest BCUT2D eigenvalue weighted by Crippen LogP contribution is 2.32. The number of nitrogens with two attached hydrogens (primary N) is 1. The summed E-state index contributed by atoms with van der Waals surface area (Å²) in [5.74, 6) is 0.739. The van der Waals surface area contributed by atoms with Gasteiger partial charge in [-0.25, -0.2) is 0 Å². The van der Waals surface area contributed by atoms with E-state index in [0.717, 1.165) is 13.0 Å². The maximum absolute atomic E-state index is 11.6. The van der Waals surface area contributed by atoms with E-state index in [1.54, 1.807) is 0 Å². The number of allylic oxidation sites excluding steroid dienone is 1. The molecule has 2 aliphatic rings. The van der Waals surface area contributed by atoms with E-state index < -0.39 is 0 Å². The number of hydrogen-bond acceptors (Lipinski definition) is 2. The summed E-state index contributed by atoms with van der Waals surface area (Å²) >= 11 is 0. The second kappa shape index (κ2) is 6.20. The van der Waals surface area contributed by atoms with Crippen LogP contribution in [0, 0.1) is 5.92 Å². The zero-order chi connectivity index (χ0) is 12.1. The SMILES string of the molecule is NC(CC(=O)NCCC1=CCCCC1)C1CC1. The predicted octanol–water partition coefficient (Wildman–Crippen LogP) is 2.12. The lowest BCUT2D eigenvalue weighted by molar-refractivity contribution is -0.121. The first-order valence-corrected chi connectivity index (χ1v) is 6.96. The van der Waals surface area contributed by atoms with Gasteiger partial charge < -0.3 is 11.1 Å². The Bertz CT molecular complexity index is 295. The van der Waals surface area contributed by atoms with Crippen LogP contribution in [0.3, 0.4) is 0 Å². The summed E-state index contributed by atoms with van der Waals surface area (Å²) < 4.78 is 0. The van der Waals surface area contributed by atoms with Crippen LogP contribution in [0.15, 0.2) is 11.6 Å². The van der Waals surface area contributed by atoms with Crippen LogP contribution in [0.4, 0.5) is 0 Å². The van der Waals surface area contributed by atoms with Crippen LogP contribution in [-0.4, -0.2) is 18.5 Å². The molecule has 0 radical (unpaired) electrons. The Morgan fingerprint density at radius 2 is 2.29 bits per heavy atom. The Morgan fingerprint density at radius 3 is 2.94 bits per heavy atom. The van der Waals surface area contributed by atoms with Crippen molar-refractivity contribution >= 4 is 5.91 Å². The molecule has 1 unspecified atom stereocenters. The van der Waals surface area contributed by atoms with E-state index >= 15 is 0 Å². The average molecular weight is 236 g/mol. The lowest BCUT2D eigenvalue weighted by Crippen LogP contribution is -2.33. The van der Waals surface area contributed by atoms with E-state index in [2.05, 4.69) is 11.4 Å². The molecule has 1 amide bonds. The summed E-state index contributed by atoms with van der Waals surface area (Å²) in [6.07, 6.45) is 11.4. The van der Waals surface area contributed by atoms with Crippen molar-refractivity contribution in [3.8, 4) is 0 Å². The number of amides is 1. The molecule has 3 nitrogen and oxygen atoms in total. The zero-order valence-corrected chi connectivity index (χ0v) is 10.6. The topological polar surface area (TPSA) is 55.1 Å². The summed E-state index contributed by atoms with van der Waals surface area (Å²) in [5, 5.41) is 2.98. The van der Waals surface area contributed by atoms with Crippen molar-refractivity contribution in [1.82, 2.24) is 5.32 Å². The number of nitrogens with one attached hydrogen (secondary N) is 1. The Hall–Kier alpha value is -0.830. The molecule has 0 spiro atoms. The Kier molecular flexibility index (Phi) is 4.60. The van der Waals surface area contributed by atoms with Crippen LogP contribution < -0.4 is 11.1 Å². The largest absolute Gasteiger partial charge is 0.356 e. The highest BCUT2D eigenvalue weighted by Gasteiger charge is 2.29. The highest BCUT2D eigenvalue weighted by atomic mass is 16.1. The van der Waals surface area contributed by atoms with Gasteiger partial charge in [-0.15, -0.1) is 0 Å². The van der Waals surface area contributed by atoms with E-state index in [9.17, 15) is 4.79 Å². The van der Waals surface area contributed by atoms with Crippen molar-refractivity contribution in [1.29, 1.82) is 0 Å². The first-order chi connectivity index (χ1) is 8.25. The van der Waals surface area contributed by atoms with Crippen molar-refractivity contribution in [2.24, 2.45) is 11.7 Å². The summed E-state index contributed by atoms with van der Waals surface area (Å²) in [6, 6.07) is 0.0869. The molecule has 3 heteroatoms. The van der Waals surface area contributed by atoms with E-state index in [1.165, 1.54) is 44.1 Å². The number of carbonyl (C=O) groups is 1. The van der Waals surface area contributed by atoms with Gasteiger partial charge in [-0.2, -0.15) is 0 Å². The zero-order valence-electron chi connectivity index (χ0n) is 10.6. The molecule has 0 heterocycles. The van der Waals surface area contributed by atoms with Gasteiger partial charge in [-0.1, -0.05) is 11.6 Å². The Labute approximate surface area is 104 Å². The fourth-order valence-electron chi connectivity index (χ4n) is 2.47. The van der Waals surface area contributed by atoms with Gasteiger partial charge in [0.05, 0.1) is 0 Å². The highest BCUT2D eigenvalue weighted by molar-refractivity contribution is 5.76. The quantitative estimate of drug-likeness (QED) is 0.694. The van der Waals surface area contributed by atoms with Crippen LogP contribution in [0.2, 0.25) is 0 Å². The van der Waals surface area contributed by atoms with Gasteiger partial charge in [0.2, 0.25) is 5.91 Å². The minimum atomic E-state index is 0.0869. The van der Waals surface area contributed by atoms with E-state index in [4.69, 9.17) is 5.73 Å². The molecule has 1 atom stereocenters. The van der Waals surface area contributed by atoms with Gasteiger partial charge in [0, 0.05) is 19.0 Å². The first-order valence-electron chi connectivity index (χ1n) is 6.96. The molecule has 2 rings (SSSR count). The summed E-state index contributed by atoms with van der Waals surface area (Å²) in [6.45, 7) is 0.780. The molecule has 0 aromatic heterocycles. The van der Waals surface area contributed by atoms with Crippen LogP contribution in [-0.2, 0) is 4.79 Å². The van der Waals surface area contributed by atoms with Crippen molar-refractivity contribution < 1.29 is 4.79 Å². The smallest absolute Gasteiger partial charge is 0.221 e. The molecule has 1 saturated carbocycles. The maximum atomic E-state index is 11.6. The summed E-state index contributed by atoms with van der Waals surface area (Å²) in [5.41, 5.74) is 7.44. The minimum absolute atomic E-state index is 0.0869. The molecule has 17 heavy (non-hydrogen) atoms. The second-order valence-electron chi connectivity index (χ2n) is 5.41. The van der Waals surface area contributed by atoms with Crippen LogP contribution in [0.25, 0.3) is 0 Å². The van der Waals surface area contributed by atoms with Gasteiger partial charge >= 0.3 is 0 Å². The molecular weight excluding hydrogens is 212 g/mol. The Balaban J connectivity index is 1.57. The standard InChI is InChI=1S/C14H24N2O/c15-13(12-6-7-12)10-14(17)16-9-8-11-4-2-1-3-5-11/h4,12-13H,1-3,5-10,15H2,(H,16,17). The molecule has 3 N–H and O–H groups in total. The van der Waals surface area contributed by atoms with E-state index in [-0.39, 0.29) is 11.9 Å². The fraction of sp³-hybridized carbons (Fsp3) is 0.786. The number of hydrogen-bond donors (Lipinski definition) is 2. The third-order valence-electron chi connectivity index (χ3n) is 3.80. The third-order valence-corrected chi connectivity index (χ3v) is 3.80. The molecule has 0 saturated heterocycles. The van der Waals surface area contributed by atoms with E-state index in [0.29, 0.717) is 12.3 Å². The van der Waals surface area contributed by atoms with Gasteiger partial charge in [0.25, 0.3) is 0 Å². The van der Waals surface area contributed by atoms with Gasteiger partial charge in [-0.3, -0.25) is 4.79 Å². The van der Waals surface area contributed by atoms with Crippen molar-refractivity contribution in [3.05, 3.63) is 11.6 Å². The number of carbonyl (C=O) groups excluding carboxylic acids is 1. The van der Waals surface area contributed by atoms with Gasteiger partial charge in [0.1, 0.15) is 0 Å². The van der Waals surface area contributed by atoms with Crippen molar-refractivity contribution in [3.63, 3.8) is 0 Å². The lowest BCUT2D eigenvalue weighted by Gasteiger charge is -2.14. The van der Waals surface area contributed by atoms with Crippen LogP contribution in [0.5, 0.6) is 0 Å². The summed E-state index contributed by atoms with van der Waals surface area (Å²) in [4.78, 5) is 11.6. The fourth-order valence-corrected chi connectivity index (χ4v) is 2.47. The third kappa shape index (κ3) is 4.50. The van der Waals surface area contributed by atoms with Crippen molar-refractivity contribution in [2.75, 3.05) is 6.54 Å². The van der Waals surface area contributed by atoms with Gasteiger partial charge in [0.15, 0.2) is 0 Å². The minimum Gasteiger partial charge on any atom is -0.356 e. The van der Waals surface area contributed by atoms with E-state index in [1.807, 2.05) is 0 Å². The van der Waals surface area contributed by atoms with Gasteiger partial charge in [-0.05, 0) is 50.9 Å². The monoisotopic (exact) mass is 236 g/mol. The maximum Gasteiger partial charge on any atom is 0.221 e. The van der Waals surface area contributed by atoms with Crippen molar-refractivity contribution in [2.45, 2.75) is 57.4 Å². The van der Waals surface area contributed by atoms with Crippen LogP contribution >= 0.6 is 0 Å². The Morgan fingerprint density at radius 1 is 1.47 bits per heavy atom. The second-order valence-corrected chi connectivity index (χ2v) is 5.41. The molecule has 96 valence electrons. The lowest BCUT2D eigenvalue weighted by atomic mass is 9.97. The molecular formula is C14H24N2O. The molecule has 0 aromatic rings. The van der Waals surface area contributed by atoms with Crippen LogP contribution in [0.1, 0.15) is 51.4 Å². The normalized spacial score (nSPS) is 21.8. The molecule has 2 aliphatic carbocycles. The number of rotatable bonds is 6. The molecule has 0 aliphatic heterocycles. The molecule has 1 fully saturated rings. The first kappa shape index (κ1) is 12.6. The molecule has 0 bridgehead atoms.